The molecule has 0 aliphatic heterocycles. The van der Waals surface area contributed by atoms with E-state index in [4.69, 9.17) is 0 Å². The minimum atomic E-state index is 1.08. The molecular formula is C13H8BrNS2. The zero-order chi connectivity index (χ0) is 11.7. The van der Waals surface area contributed by atoms with Crippen molar-refractivity contribution in [1.82, 2.24) is 4.98 Å². The van der Waals surface area contributed by atoms with Gasteiger partial charge in [-0.05, 0) is 36.4 Å². The maximum atomic E-state index is 4.60. The Labute approximate surface area is 116 Å². The van der Waals surface area contributed by atoms with Crippen LogP contribution in [0.1, 0.15) is 0 Å². The highest BCUT2D eigenvalue weighted by Gasteiger charge is 2.04. The van der Waals surface area contributed by atoms with Crippen LogP contribution in [-0.2, 0) is 0 Å². The fourth-order valence-corrected chi connectivity index (χ4v) is 3.80. The normalized spacial score (nSPS) is 10.9. The van der Waals surface area contributed by atoms with Gasteiger partial charge in [0, 0.05) is 9.37 Å². The van der Waals surface area contributed by atoms with Crippen molar-refractivity contribution in [3.8, 4) is 0 Å². The van der Waals surface area contributed by atoms with E-state index >= 15 is 0 Å². The Bertz CT molecular complexity index is 613. The molecule has 1 heterocycles. The van der Waals surface area contributed by atoms with Crippen LogP contribution in [-0.4, -0.2) is 4.98 Å². The Morgan fingerprint density at radius 3 is 2.53 bits per heavy atom. The summed E-state index contributed by atoms with van der Waals surface area (Å²) in [4.78, 5) is 5.82. The average molecular weight is 322 g/mol. The summed E-state index contributed by atoms with van der Waals surface area (Å²) in [6.07, 6.45) is 0. The van der Waals surface area contributed by atoms with Crippen LogP contribution in [0.4, 0.5) is 0 Å². The van der Waals surface area contributed by atoms with E-state index in [0.717, 1.165) is 14.3 Å². The number of hydrogen-bond donors (Lipinski definition) is 0. The summed E-state index contributed by atoms with van der Waals surface area (Å²) < 4.78 is 3.44. The molecule has 84 valence electrons. The van der Waals surface area contributed by atoms with E-state index in [1.807, 2.05) is 6.07 Å². The molecule has 0 bridgehead atoms. The second-order valence-electron chi connectivity index (χ2n) is 3.50. The highest BCUT2D eigenvalue weighted by atomic mass is 79.9. The minimum Gasteiger partial charge on any atom is -0.229 e. The maximum Gasteiger partial charge on any atom is 0.155 e. The van der Waals surface area contributed by atoms with Crippen LogP contribution in [0.2, 0.25) is 0 Å². The SMILES string of the molecule is Brc1ccc(Sc2nc3ccccc3s2)cc1. The van der Waals surface area contributed by atoms with Crippen molar-refractivity contribution >= 4 is 49.2 Å². The average Bonchev–Trinajstić information content (AvgIpc) is 2.74. The van der Waals surface area contributed by atoms with Crippen LogP contribution >= 0.6 is 39.0 Å². The van der Waals surface area contributed by atoms with Gasteiger partial charge in [-0.15, -0.1) is 11.3 Å². The minimum absolute atomic E-state index is 1.08. The van der Waals surface area contributed by atoms with Crippen molar-refractivity contribution in [3.63, 3.8) is 0 Å². The summed E-state index contributed by atoms with van der Waals surface area (Å²) in [7, 11) is 0. The predicted molar refractivity (Wildman–Crippen MR) is 77.9 cm³/mol. The van der Waals surface area contributed by atoms with Gasteiger partial charge in [-0.1, -0.05) is 39.8 Å². The number of rotatable bonds is 2. The van der Waals surface area contributed by atoms with Gasteiger partial charge in [-0.3, -0.25) is 0 Å². The molecule has 0 spiro atoms. The molecule has 0 saturated carbocycles. The molecule has 0 saturated heterocycles. The summed E-state index contributed by atoms with van der Waals surface area (Å²) in [6, 6.07) is 16.5. The van der Waals surface area contributed by atoms with E-state index in [1.165, 1.54) is 9.60 Å². The van der Waals surface area contributed by atoms with Gasteiger partial charge in [0.25, 0.3) is 0 Å². The van der Waals surface area contributed by atoms with Crippen LogP contribution in [0.25, 0.3) is 10.2 Å². The third kappa shape index (κ3) is 2.54. The summed E-state index contributed by atoms with van der Waals surface area (Å²) in [5.74, 6) is 0. The van der Waals surface area contributed by atoms with Crippen LogP contribution in [0.5, 0.6) is 0 Å². The first-order valence-electron chi connectivity index (χ1n) is 5.10. The molecule has 17 heavy (non-hydrogen) atoms. The van der Waals surface area contributed by atoms with Gasteiger partial charge < -0.3 is 0 Å². The number of thiazole rings is 1. The fraction of sp³-hybridized carbons (Fsp3) is 0. The zero-order valence-electron chi connectivity index (χ0n) is 8.76. The van der Waals surface area contributed by atoms with E-state index in [2.05, 4.69) is 63.4 Å². The summed E-state index contributed by atoms with van der Waals surface area (Å²) >= 11 is 6.88. The smallest absolute Gasteiger partial charge is 0.155 e. The van der Waals surface area contributed by atoms with Gasteiger partial charge in [0.15, 0.2) is 4.34 Å². The standard InChI is InChI=1S/C13H8BrNS2/c14-9-5-7-10(8-6-9)16-13-15-11-3-1-2-4-12(11)17-13/h1-8H. The lowest BCUT2D eigenvalue weighted by Crippen LogP contribution is -1.71. The molecule has 0 atom stereocenters. The molecule has 0 N–H and O–H groups in total. The number of fused-ring (bicyclic) bond motifs is 1. The van der Waals surface area contributed by atoms with Gasteiger partial charge in [0.1, 0.15) is 0 Å². The third-order valence-electron chi connectivity index (χ3n) is 2.29. The number of halogens is 1. The lowest BCUT2D eigenvalue weighted by Gasteiger charge is -1.96. The van der Waals surface area contributed by atoms with E-state index in [-0.39, 0.29) is 0 Å². The zero-order valence-corrected chi connectivity index (χ0v) is 12.0. The molecule has 0 unspecified atom stereocenters. The lowest BCUT2D eigenvalue weighted by atomic mass is 10.3. The van der Waals surface area contributed by atoms with Gasteiger partial charge in [0.05, 0.1) is 10.2 Å². The number of para-hydroxylation sites is 1. The van der Waals surface area contributed by atoms with Crippen molar-refractivity contribution < 1.29 is 0 Å². The molecule has 0 fully saturated rings. The number of benzene rings is 2. The Hall–Kier alpha value is -0.840. The molecule has 1 aromatic heterocycles. The summed E-state index contributed by atoms with van der Waals surface area (Å²) in [5, 5.41) is 0. The molecule has 3 aromatic rings. The monoisotopic (exact) mass is 321 g/mol. The largest absolute Gasteiger partial charge is 0.229 e. The first kappa shape index (κ1) is 11.3. The van der Waals surface area contributed by atoms with Crippen LogP contribution in [0.15, 0.2) is 62.2 Å². The number of nitrogens with zero attached hydrogens (tertiary/aromatic N) is 1. The molecule has 2 aromatic carbocycles. The van der Waals surface area contributed by atoms with E-state index in [1.54, 1.807) is 23.1 Å². The van der Waals surface area contributed by atoms with E-state index < -0.39 is 0 Å². The molecule has 1 nitrogen and oxygen atoms in total. The molecule has 3 rings (SSSR count). The Balaban J connectivity index is 1.92. The molecule has 0 radical (unpaired) electrons. The fourth-order valence-electron chi connectivity index (χ4n) is 1.50. The summed E-state index contributed by atoms with van der Waals surface area (Å²) in [5.41, 5.74) is 1.08. The Kier molecular flexibility index (Phi) is 3.18. The van der Waals surface area contributed by atoms with E-state index in [9.17, 15) is 0 Å². The molecule has 0 aliphatic rings. The second-order valence-corrected chi connectivity index (χ2v) is 6.77. The first-order valence-corrected chi connectivity index (χ1v) is 7.53. The van der Waals surface area contributed by atoms with Gasteiger partial charge in [-0.25, -0.2) is 4.98 Å². The Morgan fingerprint density at radius 1 is 1.00 bits per heavy atom. The van der Waals surface area contributed by atoms with Crippen LogP contribution in [0, 0.1) is 0 Å². The van der Waals surface area contributed by atoms with Gasteiger partial charge in [0.2, 0.25) is 0 Å². The van der Waals surface area contributed by atoms with Crippen LogP contribution < -0.4 is 0 Å². The number of hydrogen-bond acceptors (Lipinski definition) is 3. The van der Waals surface area contributed by atoms with Crippen LogP contribution in [0.3, 0.4) is 0 Å². The lowest BCUT2D eigenvalue weighted by molar-refractivity contribution is 1.29. The first-order chi connectivity index (χ1) is 8.31. The molecule has 0 amide bonds. The quantitative estimate of drug-likeness (QED) is 0.642. The third-order valence-corrected chi connectivity index (χ3v) is 4.93. The van der Waals surface area contributed by atoms with E-state index in [0.29, 0.717) is 0 Å². The molecule has 4 heteroatoms. The van der Waals surface area contributed by atoms with Crippen molar-refractivity contribution in [3.05, 3.63) is 53.0 Å². The van der Waals surface area contributed by atoms with Crippen molar-refractivity contribution in [2.45, 2.75) is 9.24 Å². The predicted octanol–water partition coefficient (Wildman–Crippen LogP) is 5.21. The second kappa shape index (κ2) is 4.80. The Morgan fingerprint density at radius 2 is 1.76 bits per heavy atom. The van der Waals surface area contributed by atoms with Crippen molar-refractivity contribution in [2.75, 3.05) is 0 Å². The summed E-state index contributed by atoms with van der Waals surface area (Å²) in [6.45, 7) is 0. The highest BCUT2D eigenvalue weighted by molar-refractivity contribution is 9.10. The van der Waals surface area contributed by atoms with Gasteiger partial charge in [-0.2, -0.15) is 0 Å². The molecule has 0 aliphatic carbocycles. The highest BCUT2D eigenvalue weighted by Crippen LogP contribution is 2.34. The van der Waals surface area contributed by atoms with Crippen molar-refractivity contribution in [2.24, 2.45) is 0 Å². The van der Waals surface area contributed by atoms with Crippen molar-refractivity contribution in [1.29, 1.82) is 0 Å². The number of aromatic nitrogens is 1. The van der Waals surface area contributed by atoms with Gasteiger partial charge >= 0.3 is 0 Å². The molecular weight excluding hydrogens is 314 g/mol. The topological polar surface area (TPSA) is 12.9 Å². The maximum absolute atomic E-state index is 4.60.